The number of halogens is 1. The van der Waals surface area contributed by atoms with E-state index in [0.29, 0.717) is 5.02 Å². The number of nitrogens with zero attached hydrogens (tertiary/aromatic N) is 1. The predicted octanol–water partition coefficient (Wildman–Crippen LogP) is 4.65. The molecule has 1 aromatic carbocycles. The van der Waals surface area contributed by atoms with E-state index in [1.165, 1.54) is 0 Å². The minimum Gasteiger partial charge on any atom is -0.454 e. The van der Waals surface area contributed by atoms with Crippen LogP contribution < -0.4 is 5.32 Å². The normalized spacial score (nSPS) is 11.1. The van der Waals surface area contributed by atoms with Crippen LogP contribution in [0.2, 0.25) is 5.02 Å². The SMILES string of the molecule is CCCNCc1cncc(-c2cc3cccc(Cl)c3o2)c1. The van der Waals surface area contributed by atoms with Gasteiger partial charge < -0.3 is 9.73 Å². The molecule has 0 aliphatic heterocycles. The standard InChI is InChI=1S/C17H17ClN2O/c1-2-6-19-9-12-7-14(11-20-10-12)16-8-13-4-3-5-15(18)17(13)21-16/h3-5,7-8,10-11,19H,2,6,9H2,1H3. The third-order valence-electron chi connectivity index (χ3n) is 3.33. The fraction of sp³-hybridized carbons (Fsp3) is 0.235. The summed E-state index contributed by atoms with van der Waals surface area (Å²) >= 11 is 6.15. The van der Waals surface area contributed by atoms with Crippen LogP contribution in [0.4, 0.5) is 0 Å². The first-order valence-corrected chi connectivity index (χ1v) is 7.49. The van der Waals surface area contributed by atoms with Crippen molar-refractivity contribution in [3.05, 3.63) is 53.3 Å². The highest BCUT2D eigenvalue weighted by molar-refractivity contribution is 6.34. The van der Waals surface area contributed by atoms with Crippen LogP contribution in [-0.2, 0) is 6.54 Å². The fourth-order valence-corrected chi connectivity index (χ4v) is 2.52. The Kier molecular flexibility index (Phi) is 4.23. The molecule has 2 aromatic heterocycles. The summed E-state index contributed by atoms with van der Waals surface area (Å²) in [5.41, 5.74) is 2.84. The molecule has 0 aliphatic rings. The van der Waals surface area contributed by atoms with Crippen LogP contribution >= 0.6 is 11.6 Å². The maximum absolute atomic E-state index is 6.15. The molecule has 0 radical (unpaired) electrons. The molecular weight excluding hydrogens is 284 g/mol. The van der Waals surface area contributed by atoms with Gasteiger partial charge in [0.1, 0.15) is 5.76 Å². The van der Waals surface area contributed by atoms with E-state index in [1.54, 1.807) is 0 Å². The predicted molar refractivity (Wildman–Crippen MR) is 86.5 cm³/mol. The molecule has 0 bridgehead atoms. The van der Waals surface area contributed by atoms with E-state index < -0.39 is 0 Å². The summed E-state index contributed by atoms with van der Waals surface area (Å²) in [5, 5.41) is 5.01. The van der Waals surface area contributed by atoms with Gasteiger partial charge in [-0.1, -0.05) is 30.7 Å². The van der Waals surface area contributed by atoms with Crippen molar-refractivity contribution >= 4 is 22.6 Å². The Bertz CT molecular complexity index is 751. The lowest BCUT2D eigenvalue weighted by atomic mass is 10.1. The summed E-state index contributed by atoms with van der Waals surface area (Å²) in [6.07, 6.45) is 4.81. The lowest BCUT2D eigenvalue weighted by molar-refractivity contribution is 0.630. The number of furan rings is 1. The van der Waals surface area contributed by atoms with Crippen molar-refractivity contribution in [2.75, 3.05) is 6.54 Å². The maximum Gasteiger partial charge on any atom is 0.153 e. The molecule has 21 heavy (non-hydrogen) atoms. The van der Waals surface area contributed by atoms with Crippen LogP contribution in [0.25, 0.3) is 22.3 Å². The van der Waals surface area contributed by atoms with Crippen LogP contribution in [-0.4, -0.2) is 11.5 Å². The van der Waals surface area contributed by atoms with Crippen molar-refractivity contribution in [2.24, 2.45) is 0 Å². The largest absolute Gasteiger partial charge is 0.454 e. The van der Waals surface area contributed by atoms with Gasteiger partial charge in [-0.05, 0) is 36.7 Å². The first-order chi connectivity index (χ1) is 10.3. The Hall–Kier alpha value is -1.84. The summed E-state index contributed by atoms with van der Waals surface area (Å²) in [5.74, 6) is 0.794. The molecule has 3 rings (SSSR count). The second kappa shape index (κ2) is 6.29. The summed E-state index contributed by atoms with van der Waals surface area (Å²) < 4.78 is 5.87. The topological polar surface area (TPSA) is 38.1 Å². The molecule has 0 fully saturated rings. The number of pyridine rings is 1. The smallest absolute Gasteiger partial charge is 0.153 e. The third-order valence-corrected chi connectivity index (χ3v) is 3.63. The highest BCUT2D eigenvalue weighted by atomic mass is 35.5. The van der Waals surface area contributed by atoms with Crippen molar-refractivity contribution in [2.45, 2.75) is 19.9 Å². The highest BCUT2D eigenvalue weighted by Gasteiger charge is 2.09. The number of hydrogen-bond donors (Lipinski definition) is 1. The molecule has 3 aromatic rings. The average Bonchev–Trinajstić information content (AvgIpc) is 2.94. The molecule has 0 amide bonds. The second-order valence-corrected chi connectivity index (χ2v) is 5.43. The lowest BCUT2D eigenvalue weighted by Gasteiger charge is -2.04. The highest BCUT2D eigenvalue weighted by Crippen LogP contribution is 2.31. The van der Waals surface area contributed by atoms with Gasteiger partial charge in [0.15, 0.2) is 5.58 Å². The van der Waals surface area contributed by atoms with E-state index in [-0.39, 0.29) is 0 Å². The van der Waals surface area contributed by atoms with Crippen LogP contribution in [0.1, 0.15) is 18.9 Å². The fourth-order valence-electron chi connectivity index (χ4n) is 2.30. The van der Waals surface area contributed by atoms with Gasteiger partial charge >= 0.3 is 0 Å². The summed E-state index contributed by atoms with van der Waals surface area (Å²) in [4.78, 5) is 4.30. The molecule has 4 heteroatoms. The summed E-state index contributed by atoms with van der Waals surface area (Å²) in [6.45, 7) is 3.97. The van der Waals surface area contributed by atoms with E-state index in [0.717, 1.165) is 47.4 Å². The van der Waals surface area contributed by atoms with E-state index in [9.17, 15) is 0 Å². The second-order valence-electron chi connectivity index (χ2n) is 5.03. The van der Waals surface area contributed by atoms with Crippen molar-refractivity contribution in [1.82, 2.24) is 10.3 Å². The molecule has 0 spiro atoms. The Balaban J connectivity index is 1.91. The van der Waals surface area contributed by atoms with Gasteiger partial charge in [0, 0.05) is 29.9 Å². The van der Waals surface area contributed by atoms with Crippen LogP contribution in [0.3, 0.4) is 0 Å². The Morgan fingerprint density at radius 3 is 2.95 bits per heavy atom. The maximum atomic E-state index is 6.15. The van der Waals surface area contributed by atoms with Gasteiger partial charge in [-0.25, -0.2) is 0 Å². The Labute approximate surface area is 128 Å². The molecule has 0 saturated heterocycles. The minimum atomic E-state index is 0.632. The summed E-state index contributed by atoms with van der Waals surface area (Å²) in [7, 11) is 0. The first-order valence-electron chi connectivity index (χ1n) is 7.11. The van der Waals surface area contributed by atoms with Crippen molar-refractivity contribution < 1.29 is 4.42 Å². The van der Waals surface area contributed by atoms with E-state index in [4.69, 9.17) is 16.0 Å². The first kappa shape index (κ1) is 14.1. The number of fused-ring (bicyclic) bond motifs is 1. The Morgan fingerprint density at radius 1 is 1.24 bits per heavy atom. The van der Waals surface area contributed by atoms with Crippen LogP contribution in [0.5, 0.6) is 0 Å². The molecule has 0 saturated carbocycles. The van der Waals surface area contributed by atoms with Gasteiger partial charge in [0.25, 0.3) is 0 Å². The van der Waals surface area contributed by atoms with E-state index >= 15 is 0 Å². The van der Waals surface area contributed by atoms with Crippen molar-refractivity contribution in [1.29, 1.82) is 0 Å². The summed E-state index contributed by atoms with van der Waals surface area (Å²) in [6, 6.07) is 9.85. The quantitative estimate of drug-likeness (QED) is 0.697. The number of aromatic nitrogens is 1. The van der Waals surface area contributed by atoms with Crippen molar-refractivity contribution in [3.63, 3.8) is 0 Å². The van der Waals surface area contributed by atoms with Gasteiger partial charge in [0.2, 0.25) is 0 Å². The zero-order chi connectivity index (χ0) is 14.7. The van der Waals surface area contributed by atoms with Gasteiger partial charge in [0.05, 0.1) is 5.02 Å². The van der Waals surface area contributed by atoms with Crippen LogP contribution in [0, 0.1) is 0 Å². The molecule has 108 valence electrons. The number of rotatable bonds is 5. The molecule has 2 heterocycles. The van der Waals surface area contributed by atoms with Gasteiger partial charge in [-0.3, -0.25) is 4.98 Å². The monoisotopic (exact) mass is 300 g/mol. The molecular formula is C17H17ClN2O. The molecule has 1 N–H and O–H groups in total. The van der Waals surface area contributed by atoms with Gasteiger partial charge in [-0.2, -0.15) is 0 Å². The van der Waals surface area contributed by atoms with E-state index in [1.807, 2.05) is 36.7 Å². The van der Waals surface area contributed by atoms with Crippen molar-refractivity contribution in [3.8, 4) is 11.3 Å². The number of para-hydroxylation sites is 1. The average molecular weight is 301 g/mol. The number of hydrogen-bond acceptors (Lipinski definition) is 3. The zero-order valence-corrected chi connectivity index (χ0v) is 12.7. The van der Waals surface area contributed by atoms with Gasteiger partial charge in [-0.15, -0.1) is 0 Å². The molecule has 0 atom stereocenters. The molecule has 0 unspecified atom stereocenters. The number of benzene rings is 1. The third kappa shape index (κ3) is 3.09. The zero-order valence-electron chi connectivity index (χ0n) is 11.9. The molecule has 3 nitrogen and oxygen atoms in total. The minimum absolute atomic E-state index is 0.632. The lowest BCUT2D eigenvalue weighted by Crippen LogP contribution is -2.13. The van der Waals surface area contributed by atoms with Crippen LogP contribution in [0.15, 0.2) is 47.1 Å². The number of nitrogens with one attached hydrogen (secondary N) is 1. The van der Waals surface area contributed by atoms with E-state index in [2.05, 4.69) is 23.3 Å². The Morgan fingerprint density at radius 2 is 2.14 bits per heavy atom. The molecule has 0 aliphatic carbocycles.